The molecule has 0 radical (unpaired) electrons. The van der Waals surface area contributed by atoms with Gasteiger partial charge in [-0.3, -0.25) is 9.59 Å². The summed E-state index contributed by atoms with van der Waals surface area (Å²) in [5.41, 5.74) is 5.48. The van der Waals surface area contributed by atoms with Gasteiger partial charge in [-0.25, -0.2) is 0 Å². The lowest BCUT2D eigenvalue weighted by Gasteiger charge is -2.25. The normalized spacial score (nSPS) is 15.4. The van der Waals surface area contributed by atoms with E-state index in [1.807, 2.05) is 69.3 Å². The van der Waals surface area contributed by atoms with Gasteiger partial charge in [0.2, 0.25) is 5.76 Å². The quantitative estimate of drug-likeness (QED) is 0.383. The lowest BCUT2D eigenvalue weighted by Crippen LogP contribution is -2.29. The van der Waals surface area contributed by atoms with Gasteiger partial charge in [0.05, 0.1) is 17.0 Å². The zero-order chi connectivity index (χ0) is 22.6. The molecule has 4 nitrogen and oxygen atoms in total. The molecule has 1 atom stereocenters. The average Bonchev–Trinajstić information content (AvgIpc) is 3.03. The van der Waals surface area contributed by atoms with Crippen molar-refractivity contribution < 1.29 is 9.21 Å². The molecule has 160 valence electrons. The molecular formula is C27H22ClNO3. The minimum atomic E-state index is -0.544. The second-order valence-electron chi connectivity index (χ2n) is 8.51. The van der Waals surface area contributed by atoms with Gasteiger partial charge in [-0.1, -0.05) is 59.6 Å². The van der Waals surface area contributed by atoms with E-state index in [2.05, 4.69) is 0 Å². The van der Waals surface area contributed by atoms with Crippen molar-refractivity contribution in [2.75, 3.05) is 0 Å². The van der Waals surface area contributed by atoms with Crippen LogP contribution < -0.4 is 5.43 Å². The first-order chi connectivity index (χ1) is 15.3. The monoisotopic (exact) mass is 443 g/mol. The SMILES string of the molecule is Cc1ccc(CN2C(=O)c3oc4c(C)cc(C)cc4c(=O)c3C2c2ccc(Cl)cc2)cc1. The van der Waals surface area contributed by atoms with Crippen molar-refractivity contribution in [3.05, 3.63) is 115 Å². The van der Waals surface area contributed by atoms with Crippen molar-refractivity contribution in [1.29, 1.82) is 0 Å². The maximum atomic E-state index is 13.7. The number of aryl methyl sites for hydroxylation is 3. The Bertz CT molecular complexity index is 1420. The summed E-state index contributed by atoms with van der Waals surface area (Å²) in [6, 6.07) is 18.6. The average molecular weight is 444 g/mol. The van der Waals surface area contributed by atoms with Gasteiger partial charge in [0.15, 0.2) is 5.43 Å². The molecule has 1 amide bonds. The lowest BCUT2D eigenvalue weighted by molar-refractivity contribution is 0.0714. The lowest BCUT2D eigenvalue weighted by atomic mass is 9.97. The summed E-state index contributed by atoms with van der Waals surface area (Å²) in [6.45, 7) is 6.23. The largest absolute Gasteiger partial charge is 0.450 e. The van der Waals surface area contributed by atoms with Crippen LogP contribution in [0.2, 0.25) is 5.02 Å². The molecule has 0 bridgehead atoms. The van der Waals surface area contributed by atoms with Gasteiger partial charge in [-0.2, -0.15) is 0 Å². The zero-order valence-electron chi connectivity index (χ0n) is 18.1. The molecule has 0 fully saturated rings. The molecule has 0 saturated heterocycles. The van der Waals surface area contributed by atoms with E-state index in [4.69, 9.17) is 16.0 Å². The number of hydrogen-bond acceptors (Lipinski definition) is 3. The summed E-state index contributed by atoms with van der Waals surface area (Å²) in [4.78, 5) is 29.0. The predicted molar refractivity (Wildman–Crippen MR) is 126 cm³/mol. The van der Waals surface area contributed by atoms with Crippen LogP contribution in [-0.4, -0.2) is 10.8 Å². The predicted octanol–water partition coefficient (Wildman–Crippen LogP) is 6.12. The summed E-state index contributed by atoms with van der Waals surface area (Å²) in [6.07, 6.45) is 0. The minimum Gasteiger partial charge on any atom is -0.450 e. The van der Waals surface area contributed by atoms with Crippen molar-refractivity contribution in [2.24, 2.45) is 0 Å². The van der Waals surface area contributed by atoms with Gasteiger partial charge in [0.1, 0.15) is 5.58 Å². The Morgan fingerprint density at radius 2 is 1.59 bits per heavy atom. The molecule has 5 heteroatoms. The molecule has 1 aliphatic heterocycles. The Kier molecular flexibility index (Phi) is 4.90. The molecule has 0 spiro atoms. The highest BCUT2D eigenvalue weighted by atomic mass is 35.5. The molecule has 0 saturated carbocycles. The number of rotatable bonds is 3. The Balaban J connectivity index is 1.74. The fourth-order valence-corrected chi connectivity index (χ4v) is 4.65. The van der Waals surface area contributed by atoms with Crippen LogP contribution in [-0.2, 0) is 6.54 Å². The van der Waals surface area contributed by atoms with E-state index in [0.717, 1.165) is 27.8 Å². The number of benzene rings is 3. The molecule has 1 unspecified atom stereocenters. The van der Waals surface area contributed by atoms with Crippen molar-refractivity contribution in [3.8, 4) is 0 Å². The molecular weight excluding hydrogens is 422 g/mol. The number of fused-ring (bicyclic) bond motifs is 2. The van der Waals surface area contributed by atoms with Crippen LogP contribution in [0.25, 0.3) is 11.0 Å². The van der Waals surface area contributed by atoms with Gasteiger partial charge in [-0.05, 0) is 61.2 Å². The fraction of sp³-hybridized carbons (Fsp3) is 0.185. The number of carbonyl (C=O) groups is 1. The number of amides is 1. The summed E-state index contributed by atoms with van der Waals surface area (Å²) in [7, 11) is 0. The van der Waals surface area contributed by atoms with E-state index in [9.17, 15) is 9.59 Å². The van der Waals surface area contributed by atoms with E-state index < -0.39 is 6.04 Å². The summed E-state index contributed by atoms with van der Waals surface area (Å²) >= 11 is 6.11. The van der Waals surface area contributed by atoms with E-state index in [1.54, 1.807) is 17.0 Å². The van der Waals surface area contributed by atoms with E-state index in [1.165, 1.54) is 0 Å². The molecule has 5 rings (SSSR count). The van der Waals surface area contributed by atoms with Crippen molar-refractivity contribution in [1.82, 2.24) is 4.90 Å². The molecule has 0 N–H and O–H groups in total. The van der Waals surface area contributed by atoms with Crippen LogP contribution in [0.1, 0.15) is 50.0 Å². The summed E-state index contributed by atoms with van der Waals surface area (Å²) < 4.78 is 6.13. The highest BCUT2D eigenvalue weighted by Crippen LogP contribution is 2.39. The Hall–Kier alpha value is -3.37. The van der Waals surface area contributed by atoms with E-state index in [-0.39, 0.29) is 17.1 Å². The third-order valence-corrected chi connectivity index (χ3v) is 6.31. The van der Waals surface area contributed by atoms with Crippen LogP contribution >= 0.6 is 11.6 Å². The second kappa shape index (κ2) is 7.64. The molecule has 4 aromatic rings. The fourth-order valence-electron chi connectivity index (χ4n) is 4.52. The van der Waals surface area contributed by atoms with Crippen molar-refractivity contribution in [2.45, 2.75) is 33.4 Å². The first kappa shape index (κ1) is 20.5. The summed E-state index contributed by atoms with van der Waals surface area (Å²) in [5.74, 6) is -0.152. The third-order valence-electron chi connectivity index (χ3n) is 6.06. The standard InChI is InChI=1S/C27H22ClNO3/c1-15-4-6-18(7-5-15)14-29-23(19-8-10-20(28)11-9-19)22-24(30)21-13-16(2)12-17(3)25(21)32-26(22)27(29)31/h4-13,23H,14H2,1-3H3. The number of halogens is 1. The van der Waals surface area contributed by atoms with Crippen LogP contribution in [0.15, 0.2) is 69.9 Å². The summed E-state index contributed by atoms with van der Waals surface area (Å²) in [5, 5.41) is 1.10. The maximum absolute atomic E-state index is 13.7. The zero-order valence-corrected chi connectivity index (χ0v) is 18.9. The number of carbonyl (C=O) groups excluding carboxylic acids is 1. The highest BCUT2D eigenvalue weighted by Gasteiger charge is 2.42. The highest BCUT2D eigenvalue weighted by molar-refractivity contribution is 6.30. The molecule has 2 heterocycles. The van der Waals surface area contributed by atoms with Crippen molar-refractivity contribution >= 4 is 28.5 Å². The second-order valence-corrected chi connectivity index (χ2v) is 8.94. The third kappa shape index (κ3) is 3.32. The van der Waals surface area contributed by atoms with E-state index in [0.29, 0.717) is 28.1 Å². The first-order valence-electron chi connectivity index (χ1n) is 10.5. The first-order valence-corrected chi connectivity index (χ1v) is 10.9. The van der Waals surface area contributed by atoms with Gasteiger partial charge >= 0.3 is 0 Å². The smallest absolute Gasteiger partial charge is 0.291 e. The molecule has 1 aromatic heterocycles. The van der Waals surface area contributed by atoms with Crippen LogP contribution in [0.4, 0.5) is 0 Å². The minimum absolute atomic E-state index is 0.126. The Morgan fingerprint density at radius 3 is 2.28 bits per heavy atom. The van der Waals surface area contributed by atoms with Gasteiger partial charge < -0.3 is 9.32 Å². The molecule has 32 heavy (non-hydrogen) atoms. The Labute approximate surface area is 191 Å². The van der Waals surface area contributed by atoms with Crippen LogP contribution in [0.5, 0.6) is 0 Å². The van der Waals surface area contributed by atoms with Gasteiger partial charge in [0.25, 0.3) is 5.91 Å². The molecule has 1 aliphatic rings. The maximum Gasteiger partial charge on any atom is 0.291 e. The van der Waals surface area contributed by atoms with Gasteiger partial charge in [0, 0.05) is 11.6 Å². The Morgan fingerprint density at radius 1 is 0.906 bits per heavy atom. The molecule has 0 aliphatic carbocycles. The number of hydrogen-bond donors (Lipinski definition) is 0. The van der Waals surface area contributed by atoms with Crippen molar-refractivity contribution in [3.63, 3.8) is 0 Å². The van der Waals surface area contributed by atoms with Crippen LogP contribution in [0.3, 0.4) is 0 Å². The van der Waals surface area contributed by atoms with E-state index >= 15 is 0 Å². The van der Waals surface area contributed by atoms with Crippen LogP contribution in [0, 0.1) is 20.8 Å². The topological polar surface area (TPSA) is 50.5 Å². The molecule has 3 aromatic carbocycles. The van der Waals surface area contributed by atoms with Gasteiger partial charge in [-0.15, -0.1) is 0 Å². The number of nitrogens with zero attached hydrogens (tertiary/aromatic N) is 1.